The molecule has 0 unspecified atom stereocenters. The van der Waals surface area contributed by atoms with Crippen LogP contribution in [0.25, 0.3) is 11.5 Å². The normalized spacial score (nSPS) is 11.4. The maximum absolute atomic E-state index is 13.4. The van der Waals surface area contributed by atoms with Gasteiger partial charge in [-0.1, -0.05) is 36.4 Å². The summed E-state index contributed by atoms with van der Waals surface area (Å²) in [4.78, 5) is 4.63. The number of hydrogen-bond donors (Lipinski definition) is 0. The Balaban J connectivity index is 1.74. The second-order valence-electron chi connectivity index (χ2n) is 6.73. The van der Waals surface area contributed by atoms with Gasteiger partial charge in [0, 0.05) is 0 Å². The van der Waals surface area contributed by atoms with Gasteiger partial charge in [-0.05, 0) is 49.6 Å². The maximum atomic E-state index is 13.4. The molecule has 2 aromatic carbocycles. The Bertz CT molecular complexity index is 1250. The van der Waals surface area contributed by atoms with E-state index in [4.69, 9.17) is 9.15 Å². The van der Waals surface area contributed by atoms with Gasteiger partial charge in [0.15, 0.2) is 0 Å². The number of rotatable bonds is 8. The monoisotopic (exact) mass is 454 g/mol. The summed E-state index contributed by atoms with van der Waals surface area (Å²) in [5.41, 5.74) is 1.84. The van der Waals surface area contributed by atoms with E-state index in [1.807, 2.05) is 49.4 Å². The lowest BCUT2D eigenvalue weighted by Gasteiger charge is -2.23. The molecule has 0 radical (unpaired) electrons. The van der Waals surface area contributed by atoms with Crippen molar-refractivity contribution in [1.82, 2.24) is 4.98 Å². The summed E-state index contributed by atoms with van der Waals surface area (Å²) in [6.07, 6.45) is 0. The summed E-state index contributed by atoms with van der Waals surface area (Å²) in [7, 11) is -3.75. The second kappa shape index (κ2) is 8.95. The van der Waals surface area contributed by atoms with Crippen molar-refractivity contribution in [3.63, 3.8) is 0 Å². The molecular weight excluding hydrogens is 432 g/mol. The largest absolute Gasteiger partial charge is 0.493 e. The van der Waals surface area contributed by atoms with Gasteiger partial charge in [-0.25, -0.2) is 13.4 Å². The molecule has 4 rings (SSSR count). The highest BCUT2D eigenvalue weighted by Crippen LogP contribution is 2.33. The average molecular weight is 455 g/mol. The molecule has 6 nitrogen and oxygen atoms in total. The van der Waals surface area contributed by atoms with E-state index >= 15 is 0 Å². The van der Waals surface area contributed by atoms with Crippen molar-refractivity contribution < 1.29 is 17.6 Å². The van der Waals surface area contributed by atoms with E-state index in [1.165, 1.54) is 15.6 Å². The van der Waals surface area contributed by atoms with Crippen molar-refractivity contribution in [2.45, 2.75) is 24.6 Å². The van der Waals surface area contributed by atoms with Gasteiger partial charge in [-0.15, -0.1) is 11.3 Å². The van der Waals surface area contributed by atoms with Crippen molar-refractivity contribution in [3.8, 4) is 17.2 Å². The first kappa shape index (κ1) is 21.1. The fourth-order valence-electron chi connectivity index (χ4n) is 3.18. The predicted octanol–water partition coefficient (Wildman–Crippen LogP) is 5.51. The topological polar surface area (TPSA) is 72.6 Å². The Hall–Kier alpha value is -3.10. The number of anilines is 1. The summed E-state index contributed by atoms with van der Waals surface area (Å²) in [6, 6.07) is 19.8. The maximum Gasteiger partial charge on any atom is 0.274 e. The molecule has 0 N–H and O–H groups in total. The first-order valence-electron chi connectivity index (χ1n) is 9.80. The van der Waals surface area contributed by atoms with Gasteiger partial charge in [0.1, 0.15) is 21.4 Å². The van der Waals surface area contributed by atoms with E-state index in [0.29, 0.717) is 35.4 Å². The fourth-order valence-corrected chi connectivity index (χ4v) is 5.71. The summed E-state index contributed by atoms with van der Waals surface area (Å²) >= 11 is 1.19. The van der Waals surface area contributed by atoms with Gasteiger partial charge in [-0.2, -0.15) is 0 Å². The minimum absolute atomic E-state index is 0.0520. The van der Waals surface area contributed by atoms with E-state index < -0.39 is 10.0 Å². The fraction of sp³-hybridized carbons (Fsp3) is 0.174. The molecule has 0 aliphatic heterocycles. The van der Waals surface area contributed by atoms with Gasteiger partial charge >= 0.3 is 0 Å². The highest BCUT2D eigenvalue weighted by atomic mass is 32.2. The minimum Gasteiger partial charge on any atom is -0.493 e. The van der Waals surface area contributed by atoms with E-state index in [2.05, 4.69) is 4.98 Å². The summed E-state index contributed by atoms with van der Waals surface area (Å²) < 4.78 is 40.0. The summed E-state index contributed by atoms with van der Waals surface area (Å²) in [5.74, 6) is 1.63. The van der Waals surface area contributed by atoms with Gasteiger partial charge in [0.05, 0.1) is 24.4 Å². The first-order chi connectivity index (χ1) is 15.0. The van der Waals surface area contributed by atoms with Crippen LogP contribution in [0.1, 0.15) is 18.4 Å². The smallest absolute Gasteiger partial charge is 0.274 e. The van der Waals surface area contributed by atoms with Crippen LogP contribution in [0.2, 0.25) is 0 Å². The summed E-state index contributed by atoms with van der Waals surface area (Å²) in [6.45, 7) is 4.27. The van der Waals surface area contributed by atoms with Gasteiger partial charge in [-0.3, -0.25) is 4.31 Å². The van der Waals surface area contributed by atoms with E-state index in [1.54, 1.807) is 36.6 Å². The second-order valence-corrected chi connectivity index (χ2v) is 9.77. The Labute approximate surface area is 185 Å². The lowest BCUT2D eigenvalue weighted by Crippen LogP contribution is -2.30. The molecule has 0 aliphatic carbocycles. The molecule has 0 bridgehead atoms. The van der Waals surface area contributed by atoms with Crippen LogP contribution in [0.3, 0.4) is 0 Å². The molecule has 0 atom stereocenters. The van der Waals surface area contributed by atoms with Crippen LogP contribution >= 0.6 is 11.3 Å². The number of aromatic nitrogens is 1. The van der Waals surface area contributed by atoms with Crippen LogP contribution in [0, 0.1) is 6.92 Å². The number of sulfonamides is 1. The molecule has 2 heterocycles. The van der Waals surface area contributed by atoms with Crippen molar-refractivity contribution in [3.05, 3.63) is 83.6 Å². The lowest BCUT2D eigenvalue weighted by atomic mass is 10.2. The third-order valence-electron chi connectivity index (χ3n) is 4.69. The number of ether oxygens (including phenoxy) is 1. The molecule has 0 aliphatic rings. The molecule has 0 amide bonds. The SMILES string of the molecule is CCOc1ccccc1-c1nc(CN(c2ccccc2)S(=O)(=O)c2cccs2)c(C)o1. The third-order valence-corrected chi connectivity index (χ3v) is 7.83. The van der Waals surface area contributed by atoms with E-state index in [-0.39, 0.29) is 10.8 Å². The number of nitrogens with zero attached hydrogens (tertiary/aromatic N) is 2. The Morgan fingerprint density at radius 2 is 1.77 bits per heavy atom. The molecule has 2 aromatic heterocycles. The molecule has 0 spiro atoms. The molecule has 0 fully saturated rings. The highest BCUT2D eigenvalue weighted by molar-refractivity contribution is 7.94. The van der Waals surface area contributed by atoms with Gasteiger partial charge in [0.25, 0.3) is 10.0 Å². The number of aryl methyl sites for hydroxylation is 1. The minimum atomic E-state index is -3.75. The van der Waals surface area contributed by atoms with Crippen molar-refractivity contribution in [2.75, 3.05) is 10.9 Å². The molecule has 31 heavy (non-hydrogen) atoms. The Kier molecular flexibility index (Phi) is 6.11. The van der Waals surface area contributed by atoms with E-state index in [9.17, 15) is 8.42 Å². The van der Waals surface area contributed by atoms with Crippen LogP contribution in [0.5, 0.6) is 5.75 Å². The quantitative estimate of drug-likeness (QED) is 0.351. The predicted molar refractivity (Wildman–Crippen MR) is 122 cm³/mol. The number of oxazole rings is 1. The van der Waals surface area contributed by atoms with Crippen LogP contribution in [-0.4, -0.2) is 20.0 Å². The van der Waals surface area contributed by atoms with Crippen molar-refractivity contribution >= 4 is 27.0 Å². The molecular formula is C23H22N2O4S2. The van der Waals surface area contributed by atoms with Crippen molar-refractivity contribution in [1.29, 1.82) is 0 Å². The highest BCUT2D eigenvalue weighted by Gasteiger charge is 2.28. The molecule has 160 valence electrons. The zero-order chi connectivity index (χ0) is 21.8. The van der Waals surface area contributed by atoms with Gasteiger partial charge < -0.3 is 9.15 Å². The summed E-state index contributed by atoms with van der Waals surface area (Å²) in [5, 5.41) is 1.75. The average Bonchev–Trinajstić information content (AvgIpc) is 3.44. The standard InChI is InChI=1S/C23H22N2O4S2/c1-3-28-21-13-8-7-12-19(21)23-24-20(17(2)29-23)16-25(18-10-5-4-6-11-18)31(26,27)22-14-9-15-30-22/h4-15H,3,16H2,1-2H3. The lowest BCUT2D eigenvalue weighted by molar-refractivity contribution is 0.340. The zero-order valence-electron chi connectivity index (χ0n) is 17.2. The Morgan fingerprint density at radius 1 is 1.03 bits per heavy atom. The molecule has 0 saturated heterocycles. The Morgan fingerprint density at radius 3 is 2.48 bits per heavy atom. The zero-order valence-corrected chi connectivity index (χ0v) is 18.8. The number of hydrogen-bond acceptors (Lipinski definition) is 6. The van der Waals surface area contributed by atoms with Gasteiger partial charge in [0.2, 0.25) is 5.89 Å². The van der Waals surface area contributed by atoms with Crippen molar-refractivity contribution in [2.24, 2.45) is 0 Å². The number of benzene rings is 2. The van der Waals surface area contributed by atoms with Crippen LogP contribution in [0.4, 0.5) is 5.69 Å². The molecule has 0 saturated carbocycles. The molecule has 4 aromatic rings. The number of thiophene rings is 1. The van der Waals surface area contributed by atoms with Crippen LogP contribution in [-0.2, 0) is 16.6 Å². The number of para-hydroxylation sites is 2. The first-order valence-corrected chi connectivity index (χ1v) is 12.1. The van der Waals surface area contributed by atoms with Crippen LogP contribution in [0.15, 0.2) is 80.7 Å². The molecule has 8 heteroatoms. The van der Waals surface area contributed by atoms with Crippen LogP contribution < -0.4 is 9.04 Å². The van der Waals surface area contributed by atoms with E-state index in [0.717, 1.165) is 5.56 Å². The third kappa shape index (κ3) is 4.35.